The van der Waals surface area contributed by atoms with E-state index in [9.17, 15) is 13.2 Å². The lowest BCUT2D eigenvalue weighted by Crippen LogP contribution is -2.11. The fourth-order valence-corrected chi connectivity index (χ4v) is 2.56. The van der Waals surface area contributed by atoms with Crippen molar-refractivity contribution < 1.29 is 13.2 Å². The third kappa shape index (κ3) is 5.07. The molecule has 0 aliphatic rings. The molecule has 2 aromatic heterocycles. The van der Waals surface area contributed by atoms with Gasteiger partial charge in [-0.3, -0.25) is 4.98 Å². The Labute approximate surface area is 158 Å². The summed E-state index contributed by atoms with van der Waals surface area (Å²) in [4.78, 5) is 12.4. The lowest BCUT2D eigenvalue weighted by atomic mass is 10.1. The highest BCUT2D eigenvalue weighted by atomic mass is 35.5. The molecule has 0 saturated carbocycles. The number of hydrogen-bond donors (Lipinski definition) is 2. The van der Waals surface area contributed by atoms with Gasteiger partial charge >= 0.3 is 6.18 Å². The first-order chi connectivity index (χ1) is 12.8. The normalized spacial score (nSPS) is 11.3. The number of anilines is 3. The molecule has 0 aliphatic carbocycles. The van der Waals surface area contributed by atoms with E-state index in [1.807, 2.05) is 12.1 Å². The van der Waals surface area contributed by atoms with Gasteiger partial charge < -0.3 is 10.6 Å². The van der Waals surface area contributed by atoms with E-state index in [1.165, 1.54) is 12.1 Å². The zero-order chi connectivity index (χ0) is 19.4. The van der Waals surface area contributed by atoms with Crippen LogP contribution in [-0.4, -0.2) is 15.0 Å². The second kappa shape index (κ2) is 7.79. The molecule has 0 aliphatic heterocycles. The van der Waals surface area contributed by atoms with Crippen LogP contribution in [0, 0.1) is 6.92 Å². The number of alkyl halides is 3. The number of aromatic nitrogens is 3. The van der Waals surface area contributed by atoms with Gasteiger partial charge in [-0.1, -0.05) is 17.7 Å². The summed E-state index contributed by atoms with van der Waals surface area (Å²) in [7, 11) is 0. The van der Waals surface area contributed by atoms with Gasteiger partial charge in [-0.2, -0.15) is 18.2 Å². The van der Waals surface area contributed by atoms with Crippen LogP contribution in [0.1, 0.15) is 16.8 Å². The maximum Gasteiger partial charge on any atom is 0.418 e. The van der Waals surface area contributed by atoms with Crippen LogP contribution in [0.25, 0.3) is 0 Å². The molecule has 1 aromatic carbocycles. The lowest BCUT2D eigenvalue weighted by molar-refractivity contribution is -0.136. The zero-order valence-electron chi connectivity index (χ0n) is 14.2. The van der Waals surface area contributed by atoms with Crippen LogP contribution < -0.4 is 10.6 Å². The molecule has 0 atom stereocenters. The molecule has 27 heavy (non-hydrogen) atoms. The fourth-order valence-electron chi connectivity index (χ4n) is 2.39. The van der Waals surface area contributed by atoms with Gasteiger partial charge in [0.25, 0.3) is 0 Å². The molecule has 140 valence electrons. The van der Waals surface area contributed by atoms with E-state index in [1.54, 1.807) is 25.4 Å². The first-order valence-corrected chi connectivity index (χ1v) is 8.31. The largest absolute Gasteiger partial charge is 0.418 e. The SMILES string of the molecule is Cc1cc(NCc2cccnc2)nc(Nc2ccc(Cl)cc2C(F)(F)F)n1. The number of rotatable bonds is 5. The highest BCUT2D eigenvalue weighted by molar-refractivity contribution is 6.30. The molecule has 0 radical (unpaired) electrons. The third-order valence-corrected chi connectivity index (χ3v) is 3.82. The number of aryl methyl sites for hydroxylation is 1. The summed E-state index contributed by atoms with van der Waals surface area (Å²) in [6.45, 7) is 2.20. The minimum absolute atomic E-state index is 0.00291. The lowest BCUT2D eigenvalue weighted by Gasteiger charge is -2.15. The van der Waals surface area contributed by atoms with E-state index >= 15 is 0 Å². The highest BCUT2D eigenvalue weighted by Crippen LogP contribution is 2.37. The van der Waals surface area contributed by atoms with Gasteiger partial charge in [0, 0.05) is 35.7 Å². The van der Waals surface area contributed by atoms with Crippen molar-refractivity contribution in [1.29, 1.82) is 0 Å². The summed E-state index contributed by atoms with van der Waals surface area (Å²) in [6, 6.07) is 8.90. The van der Waals surface area contributed by atoms with E-state index in [-0.39, 0.29) is 16.7 Å². The van der Waals surface area contributed by atoms with Crippen molar-refractivity contribution in [2.24, 2.45) is 0 Å². The Morgan fingerprint density at radius 2 is 1.93 bits per heavy atom. The van der Waals surface area contributed by atoms with Crippen molar-refractivity contribution in [3.05, 3.63) is 70.6 Å². The van der Waals surface area contributed by atoms with Gasteiger partial charge in [-0.15, -0.1) is 0 Å². The molecule has 3 aromatic rings. The van der Waals surface area contributed by atoms with Crippen molar-refractivity contribution in [3.8, 4) is 0 Å². The van der Waals surface area contributed by atoms with Gasteiger partial charge in [0.15, 0.2) is 0 Å². The summed E-state index contributed by atoms with van der Waals surface area (Å²) in [5.74, 6) is 0.535. The predicted molar refractivity (Wildman–Crippen MR) is 98.1 cm³/mol. The quantitative estimate of drug-likeness (QED) is 0.623. The molecule has 0 unspecified atom stereocenters. The van der Waals surface area contributed by atoms with Gasteiger partial charge in [0.05, 0.1) is 11.3 Å². The van der Waals surface area contributed by atoms with Crippen LogP contribution in [0.3, 0.4) is 0 Å². The molecule has 0 saturated heterocycles. The van der Waals surface area contributed by atoms with E-state index in [0.29, 0.717) is 18.1 Å². The van der Waals surface area contributed by atoms with E-state index in [4.69, 9.17) is 11.6 Å². The standard InChI is InChI=1S/C18H15ClF3N5/c1-11-7-16(24-10-12-3-2-6-23-9-12)27-17(25-11)26-15-5-4-13(19)8-14(15)18(20,21)22/h2-9H,10H2,1H3,(H2,24,25,26,27). The molecular weight excluding hydrogens is 379 g/mol. The first kappa shape index (κ1) is 18.9. The monoisotopic (exact) mass is 393 g/mol. The molecule has 0 bridgehead atoms. The Morgan fingerprint density at radius 3 is 2.63 bits per heavy atom. The van der Waals surface area contributed by atoms with Gasteiger partial charge in [0.2, 0.25) is 5.95 Å². The number of benzene rings is 1. The van der Waals surface area contributed by atoms with Crippen LogP contribution in [0.4, 0.5) is 30.6 Å². The van der Waals surface area contributed by atoms with Crippen molar-refractivity contribution in [3.63, 3.8) is 0 Å². The van der Waals surface area contributed by atoms with E-state index in [0.717, 1.165) is 11.6 Å². The summed E-state index contributed by atoms with van der Waals surface area (Å²) in [5, 5.41) is 5.74. The first-order valence-electron chi connectivity index (χ1n) is 7.93. The summed E-state index contributed by atoms with van der Waals surface area (Å²) >= 11 is 5.70. The average Bonchev–Trinajstić information content (AvgIpc) is 2.61. The second-order valence-electron chi connectivity index (χ2n) is 5.75. The summed E-state index contributed by atoms with van der Waals surface area (Å²) in [5.41, 5.74) is 0.490. The molecule has 3 rings (SSSR count). The smallest absolute Gasteiger partial charge is 0.366 e. The minimum Gasteiger partial charge on any atom is -0.366 e. The number of nitrogens with zero attached hydrogens (tertiary/aromatic N) is 3. The molecular formula is C18H15ClF3N5. The fraction of sp³-hybridized carbons (Fsp3) is 0.167. The van der Waals surface area contributed by atoms with Crippen LogP contribution in [0.2, 0.25) is 5.02 Å². The highest BCUT2D eigenvalue weighted by Gasteiger charge is 2.34. The molecule has 2 heterocycles. The predicted octanol–water partition coefficient (Wildman–Crippen LogP) is 5.21. The van der Waals surface area contributed by atoms with Crippen molar-refractivity contribution in [2.75, 3.05) is 10.6 Å². The Kier molecular flexibility index (Phi) is 5.46. The Balaban J connectivity index is 1.83. The van der Waals surface area contributed by atoms with Gasteiger partial charge in [0.1, 0.15) is 5.82 Å². The molecule has 0 amide bonds. The zero-order valence-corrected chi connectivity index (χ0v) is 14.9. The number of halogens is 4. The Bertz CT molecular complexity index is 932. The van der Waals surface area contributed by atoms with Crippen LogP contribution in [-0.2, 0) is 12.7 Å². The number of pyridine rings is 1. The molecule has 0 fully saturated rings. The third-order valence-electron chi connectivity index (χ3n) is 3.58. The Hall–Kier alpha value is -2.87. The van der Waals surface area contributed by atoms with Crippen molar-refractivity contribution >= 4 is 29.1 Å². The van der Waals surface area contributed by atoms with Gasteiger partial charge in [-0.05, 0) is 36.8 Å². The van der Waals surface area contributed by atoms with E-state index < -0.39 is 11.7 Å². The van der Waals surface area contributed by atoms with Gasteiger partial charge in [-0.25, -0.2) is 4.98 Å². The second-order valence-corrected chi connectivity index (χ2v) is 6.18. The topological polar surface area (TPSA) is 62.7 Å². The number of hydrogen-bond acceptors (Lipinski definition) is 5. The van der Waals surface area contributed by atoms with Crippen LogP contribution in [0.15, 0.2) is 48.8 Å². The molecule has 2 N–H and O–H groups in total. The minimum atomic E-state index is -4.56. The molecule has 9 heteroatoms. The van der Waals surface area contributed by atoms with Crippen molar-refractivity contribution in [1.82, 2.24) is 15.0 Å². The summed E-state index contributed by atoms with van der Waals surface area (Å²) in [6.07, 6.45) is -1.17. The maximum absolute atomic E-state index is 13.2. The van der Waals surface area contributed by atoms with E-state index in [2.05, 4.69) is 25.6 Å². The van der Waals surface area contributed by atoms with Crippen molar-refractivity contribution in [2.45, 2.75) is 19.6 Å². The maximum atomic E-state index is 13.2. The molecule has 5 nitrogen and oxygen atoms in total. The van der Waals surface area contributed by atoms with Crippen LogP contribution in [0.5, 0.6) is 0 Å². The summed E-state index contributed by atoms with van der Waals surface area (Å²) < 4.78 is 39.7. The Morgan fingerprint density at radius 1 is 1.11 bits per heavy atom. The molecule has 0 spiro atoms. The average molecular weight is 394 g/mol. The van der Waals surface area contributed by atoms with Crippen LogP contribution >= 0.6 is 11.6 Å². The number of nitrogens with one attached hydrogen (secondary N) is 2.